The summed E-state index contributed by atoms with van der Waals surface area (Å²) >= 11 is 0. The number of aliphatic hydroxyl groups is 1. The largest absolute Gasteiger partial charge is 0.485 e. The van der Waals surface area contributed by atoms with Crippen LogP contribution in [0.4, 0.5) is 20.4 Å². The number of hydrogen-bond donors (Lipinski definition) is 1. The lowest BCUT2D eigenvalue weighted by molar-refractivity contribution is 0.291. The molecule has 1 aromatic carbocycles. The van der Waals surface area contributed by atoms with Crippen LogP contribution in [0, 0.1) is 18.6 Å². The van der Waals surface area contributed by atoms with Gasteiger partial charge in [-0.3, -0.25) is 0 Å². The molecule has 2 aliphatic rings. The second kappa shape index (κ2) is 12.9. The van der Waals surface area contributed by atoms with Crippen molar-refractivity contribution in [1.29, 1.82) is 0 Å². The van der Waals surface area contributed by atoms with Gasteiger partial charge in [-0.25, -0.2) is 13.8 Å². The minimum absolute atomic E-state index is 0.0448. The van der Waals surface area contributed by atoms with Gasteiger partial charge in [0.2, 0.25) is 0 Å². The van der Waals surface area contributed by atoms with E-state index in [1.807, 2.05) is 24.1 Å². The van der Waals surface area contributed by atoms with Crippen molar-refractivity contribution >= 4 is 17.2 Å². The number of aromatic nitrogens is 1. The molecule has 0 radical (unpaired) electrons. The number of allylic oxidation sites excluding steroid dienone is 3. The van der Waals surface area contributed by atoms with Crippen LogP contribution in [0.25, 0.3) is 5.57 Å². The van der Waals surface area contributed by atoms with Gasteiger partial charge in [-0.1, -0.05) is 33.4 Å². The third kappa shape index (κ3) is 6.58. The summed E-state index contributed by atoms with van der Waals surface area (Å²) in [6.07, 6.45) is 6.38. The summed E-state index contributed by atoms with van der Waals surface area (Å²) in [6, 6.07) is 4.45. The molecule has 1 aromatic heterocycles. The van der Waals surface area contributed by atoms with Crippen molar-refractivity contribution in [3.63, 3.8) is 0 Å². The summed E-state index contributed by atoms with van der Waals surface area (Å²) in [5, 5.41) is 9.64. The Balaban J connectivity index is 0.00000121. The molecule has 1 N–H and O–H groups in total. The van der Waals surface area contributed by atoms with Crippen molar-refractivity contribution in [2.45, 2.75) is 60.0 Å². The lowest BCUT2D eigenvalue weighted by Crippen LogP contribution is -2.32. The number of anilines is 2. The van der Waals surface area contributed by atoms with Gasteiger partial charge in [0.25, 0.3) is 0 Å². The highest BCUT2D eigenvalue weighted by Gasteiger charge is 2.28. The van der Waals surface area contributed by atoms with Gasteiger partial charge >= 0.3 is 0 Å². The SMILES string of the molecule is C=C(C)C1=CN(CCO)c2nc(N3CCCCC3)c(OCc3c(F)cc(C)cc3F)cc2C1=C.CCC. The van der Waals surface area contributed by atoms with E-state index in [0.717, 1.165) is 54.6 Å². The van der Waals surface area contributed by atoms with Gasteiger partial charge in [0.05, 0.1) is 12.2 Å². The minimum Gasteiger partial charge on any atom is -0.485 e. The number of aryl methyl sites for hydroxylation is 1. The summed E-state index contributed by atoms with van der Waals surface area (Å²) in [7, 11) is 0. The molecule has 37 heavy (non-hydrogen) atoms. The van der Waals surface area contributed by atoms with Gasteiger partial charge in [-0.15, -0.1) is 0 Å². The maximum atomic E-state index is 14.5. The zero-order valence-corrected chi connectivity index (χ0v) is 22.5. The lowest BCUT2D eigenvalue weighted by Gasteiger charge is -2.34. The second-order valence-electron chi connectivity index (χ2n) is 9.65. The van der Waals surface area contributed by atoms with Gasteiger partial charge in [-0.05, 0) is 68.0 Å². The fourth-order valence-corrected chi connectivity index (χ4v) is 4.46. The molecule has 0 bridgehead atoms. The van der Waals surface area contributed by atoms with Crippen LogP contribution >= 0.6 is 0 Å². The summed E-state index contributed by atoms with van der Waals surface area (Å²) in [5.74, 6) is 0.495. The van der Waals surface area contributed by atoms with E-state index in [0.29, 0.717) is 29.5 Å². The van der Waals surface area contributed by atoms with Gasteiger partial charge in [0.1, 0.15) is 24.1 Å². The predicted octanol–water partition coefficient (Wildman–Crippen LogP) is 6.94. The summed E-state index contributed by atoms with van der Waals surface area (Å²) < 4.78 is 35.0. The zero-order chi connectivity index (χ0) is 27.1. The fraction of sp³-hybridized carbons (Fsp3) is 0.433. The molecule has 1 fully saturated rings. The first-order chi connectivity index (χ1) is 17.7. The van der Waals surface area contributed by atoms with Gasteiger partial charge in [-0.2, -0.15) is 0 Å². The number of fused-ring (bicyclic) bond motifs is 1. The number of pyridine rings is 1. The Labute approximate surface area is 219 Å². The quantitative estimate of drug-likeness (QED) is 0.436. The van der Waals surface area contributed by atoms with E-state index in [1.165, 1.54) is 18.6 Å². The monoisotopic (exact) mass is 511 g/mol. The molecule has 2 aliphatic heterocycles. The Kier molecular flexibility index (Phi) is 9.86. The van der Waals surface area contributed by atoms with Crippen molar-refractivity contribution < 1.29 is 18.6 Å². The number of benzene rings is 1. The normalized spacial score (nSPS) is 15.0. The molecule has 200 valence electrons. The molecule has 3 heterocycles. The first-order valence-corrected chi connectivity index (χ1v) is 13.0. The van der Waals surface area contributed by atoms with E-state index in [9.17, 15) is 13.9 Å². The number of β-amino-alcohol motifs (C(OH)–C–C–N with tert-alkyl or cyclic N) is 1. The van der Waals surface area contributed by atoms with Crippen molar-refractivity contribution in [3.8, 4) is 5.75 Å². The highest BCUT2D eigenvalue weighted by atomic mass is 19.1. The summed E-state index contributed by atoms with van der Waals surface area (Å²) in [5.41, 5.74) is 3.58. The standard InChI is InChI=1S/C27H31F2N3O2.C3H8/c1-17(2)21-15-32(10-11-33)26-20(19(21)4)14-25(27(30-26)31-8-6-5-7-9-31)34-16-22-23(28)12-18(3)13-24(22)29;1-3-2/h12-15,33H,1,4-11,16H2,2-3H3;3H2,1-2H3. The van der Waals surface area contributed by atoms with Crippen LogP contribution < -0.4 is 14.5 Å². The number of nitrogens with zero attached hydrogens (tertiary/aromatic N) is 3. The number of piperidine rings is 1. The van der Waals surface area contributed by atoms with E-state index < -0.39 is 11.6 Å². The molecular formula is C30H39F2N3O2. The fourth-order valence-electron chi connectivity index (χ4n) is 4.46. The van der Waals surface area contributed by atoms with E-state index in [1.54, 1.807) is 6.92 Å². The third-order valence-electron chi connectivity index (χ3n) is 6.27. The van der Waals surface area contributed by atoms with Crippen LogP contribution in [0.5, 0.6) is 5.75 Å². The Hall–Kier alpha value is -3.19. The topological polar surface area (TPSA) is 48.8 Å². The maximum Gasteiger partial charge on any atom is 0.173 e. The van der Waals surface area contributed by atoms with Crippen LogP contribution in [0.2, 0.25) is 0 Å². The maximum absolute atomic E-state index is 14.5. The Morgan fingerprint density at radius 3 is 2.27 bits per heavy atom. The Bertz CT molecular complexity index is 1150. The van der Waals surface area contributed by atoms with Crippen LogP contribution in [0.3, 0.4) is 0 Å². The average Bonchev–Trinajstić information content (AvgIpc) is 2.85. The first-order valence-electron chi connectivity index (χ1n) is 13.0. The Morgan fingerprint density at radius 2 is 1.70 bits per heavy atom. The molecule has 0 amide bonds. The van der Waals surface area contributed by atoms with Crippen molar-refractivity contribution in [2.24, 2.45) is 0 Å². The summed E-state index contributed by atoms with van der Waals surface area (Å²) in [4.78, 5) is 8.99. The first kappa shape index (κ1) is 28.4. The molecule has 2 aromatic rings. The summed E-state index contributed by atoms with van der Waals surface area (Å²) in [6.45, 7) is 17.8. The molecular weight excluding hydrogens is 472 g/mol. The van der Waals surface area contributed by atoms with Crippen LogP contribution in [0.15, 0.2) is 48.7 Å². The molecule has 5 nitrogen and oxygen atoms in total. The molecule has 1 saturated heterocycles. The molecule has 0 atom stereocenters. The molecule has 0 saturated carbocycles. The number of ether oxygens (including phenoxy) is 1. The minimum atomic E-state index is -0.631. The van der Waals surface area contributed by atoms with E-state index in [-0.39, 0.29) is 18.8 Å². The van der Waals surface area contributed by atoms with Crippen molar-refractivity contribution in [2.75, 3.05) is 36.0 Å². The molecule has 0 aliphatic carbocycles. The number of hydrogen-bond acceptors (Lipinski definition) is 5. The van der Waals surface area contributed by atoms with Gasteiger partial charge < -0.3 is 19.6 Å². The molecule has 4 rings (SSSR count). The van der Waals surface area contributed by atoms with Crippen molar-refractivity contribution in [1.82, 2.24) is 4.98 Å². The average molecular weight is 512 g/mol. The van der Waals surface area contributed by atoms with Gasteiger partial charge in [0.15, 0.2) is 11.6 Å². The molecule has 0 spiro atoms. The lowest BCUT2D eigenvalue weighted by atomic mass is 9.92. The van der Waals surface area contributed by atoms with Crippen LogP contribution in [-0.4, -0.2) is 36.3 Å². The number of halogens is 2. The van der Waals surface area contributed by atoms with Crippen LogP contribution in [-0.2, 0) is 6.61 Å². The van der Waals surface area contributed by atoms with E-state index >= 15 is 0 Å². The molecule has 7 heteroatoms. The second-order valence-corrected chi connectivity index (χ2v) is 9.65. The highest BCUT2D eigenvalue weighted by molar-refractivity contribution is 5.91. The van der Waals surface area contributed by atoms with E-state index in [2.05, 4.69) is 31.9 Å². The zero-order valence-electron chi connectivity index (χ0n) is 22.5. The van der Waals surface area contributed by atoms with E-state index in [4.69, 9.17) is 9.72 Å². The highest BCUT2D eigenvalue weighted by Crippen LogP contribution is 2.43. The predicted molar refractivity (Wildman–Crippen MR) is 148 cm³/mol. The molecule has 0 unspecified atom stereocenters. The number of aliphatic hydroxyl groups excluding tert-OH is 1. The van der Waals surface area contributed by atoms with Crippen LogP contribution in [0.1, 0.15) is 63.1 Å². The van der Waals surface area contributed by atoms with Crippen molar-refractivity contribution in [3.05, 3.63) is 77.0 Å². The third-order valence-corrected chi connectivity index (χ3v) is 6.27. The number of rotatable bonds is 7. The van der Waals surface area contributed by atoms with Gasteiger partial charge in [0, 0.05) is 37.0 Å². The smallest absolute Gasteiger partial charge is 0.173 e. The Morgan fingerprint density at radius 1 is 1.08 bits per heavy atom.